The van der Waals surface area contributed by atoms with E-state index in [4.69, 9.17) is 4.74 Å². The van der Waals surface area contributed by atoms with E-state index in [9.17, 15) is 4.79 Å². The number of nitrogens with zero attached hydrogens (tertiary/aromatic N) is 3. The Bertz CT molecular complexity index is 850. The monoisotopic (exact) mass is 472 g/mol. The second-order valence-electron chi connectivity index (χ2n) is 8.89. The van der Waals surface area contributed by atoms with E-state index in [2.05, 4.69) is 57.6 Å². The third kappa shape index (κ3) is 7.44. The Morgan fingerprint density at radius 3 is 2.27 bits per heavy atom. The number of nitrogens with one attached hydrogen (secondary N) is 1. The lowest BCUT2D eigenvalue weighted by Gasteiger charge is -2.37. The fourth-order valence-corrected chi connectivity index (χ4v) is 4.67. The van der Waals surface area contributed by atoms with Crippen LogP contribution in [0.2, 0.25) is 0 Å². The van der Waals surface area contributed by atoms with Crippen LogP contribution in [-0.4, -0.2) is 79.6 Å². The van der Waals surface area contributed by atoms with Crippen LogP contribution in [0.3, 0.4) is 0 Å². The smallest absolute Gasteiger partial charge is 0.236 e. The first-order chi connectivity index (χ1) is 15.7. The average Bonchev–Trinajstić information content (AvgIpc) is 2.85. The van der Waals surface area contributed by atoms with Gasteiger partial charge in [0.05, 0.1) is 13.7 Å². The van der Waals surface area contributed by atoms with Crippen LogP contribution < -0.4 is 10.1 Å². The summed E-state index contributed by atoms with van der Waals surface area (Å²) in [6.07, 6.45) is 2.21. The third-order valence-corrected chi connectivity index (χ3v) is 6.70. The highest BCUT2D eigenvalue weighted by Crippen LogP contribution is 2.20. The second kappa shape index (κ2) is 12.9. The predicted molar refractivity (Wildman–Crippen MR) is 135 cm³/mol. The molecule has 2 aliphatic rings. The summed E-state index contributed by atoms with van der Waals surface area (Å²) in [4.78, 5) is 19.6. The van der Waals surface area contributed by atoms with Gasteiger partial charge in [-0.1, -0.05) is 48.5 Å². The van der Waals surface area contributed by atoms with Gasteiger partial charge < -0.3 is 15.0 Å². The molecule has 2 heterocycles. The van der Waals surface area contributed by atoms with Gasteiger partial charge in [0.2, 0.25) is 5.91 Å². The Balaban J connectivity index is 0.00000306. The fraction of sp³-hybridized carbons (Fsp3) is 0.500. The van der Waals surface area contributed by atoms with E-state index in [1.807, 2.05) is 17.0 Å². The predicted octanol–water partition coefficient (Wildman–Crippen LogP) is 3.02. The molecule has 1 amide bonds. The number of carbonyl (C=O) groups is 1. The van der Waals surface area contributed by atoms with Crippen molar-refractivity contribution < 1.29 is 9.53 Å². The van der Waals surface area contributed by atoms with E-state index in [0.717, 1.165) is 70.9 Å². The van der Waals surface area contributed by atoms with E-state index in [1.165, 1.54) is 11.1 Å². The SMILES string of the molecule is COc1ccccc1CN1CCN(C(=O)CN2CCC(NCc3ccccc3)CC2)CC1.Cl. The topological polar surface area (TPSA) is 48.1 Å². The maximum Gasteiger partial charge on any atom is 0.236 e. The Hall–Kier alpha value is -2.12. The number of para-hydroxylation sites is 1. The summed E-state index contributed by atoms with van der Waals surface area (Å²) < 4.78 is 5.47. The van der Waals surface area contributed by atoms with Crippen LogP contribution in [0.4, 0.5) is 0 Å². The molecule has 0 unspecified atom stereocenters. The van der Waals surface area contributed by atoms with Crippen molar-refractivity contribution in [1.82, 2.24) is 20.0 Å². The second-order valence-corrected chi connectivity index (χ2v) is 8.89. The molecule has 0 bridgehead atoms. The lowest BCUT2D eigenvalue weighted by Crippen LogP contribution is -2.52. The molecule has 0 radical (unpaired) electrons. The van der Waals surface area contributed by atoms with Crippen molar-refractivity contribution in [1.29, 1.82) is 0 Å². The number of piperidine rings is 1. The molecule has 0 saturated carbocycles. The van der Waals surface area contributed by atoms with Crippen LogP contribution in [0, 0.1) is 0 Å². The number of amides is 1. The zero-order chi connectivity index (χ0) is 22.2. The van der Waals surface area contributed by atoms with E-state index in [-0.39, 0.29) is 18.3 Å². The van der Waals surface area contributed by atoms with Crippen molar-refractivity contribution in [2.45, 2.75) is 32.0 Å². The number of ether oxygens (including phenoxy) is 1. The third-order valence-electron chi connectivity index (χ3n) is 6.70. The molecular formula is C26H37ClN4O2. The van der Waals surface area contributed by atoms with Gasteiger partial charge in [-0.05, 0) is 24.5 Å². The average molecular weight is 473 g/mol. The van der Waals surface area contributed by atoms with Crippen molar-refractivity contribution in [3.05, 3.63) is 65.7 Å². The van der Waals surface area contributed by atoms with Crippen molar-refractivity contribution in [2.75, 3.05) is 52.9 Å². The molecule has 180 valence electrons. The van der Waals surface area contributed by atoms with E-state index in [0.29, 0.717) is 12.6 Å². The van der Waals surface area contributed by atoms with Crippen LogP contribution in [0.1, 0.15) is 24.0 Å². The van der Waals surface area contributed by atoms with Crippen LogP contribution in [0.25, 0.3) is 0 Å². The zero-order valence-electron chi connectivity index (χ0n) is 19.6. The molecule has 2 aromatic carbocycles. The molecule has 4 rings (SSSR count). The minimum absolute atomic E-state index is 0. The van der Waals surface area contributed by atoms with Gasteiger partial charge >= 0.3 is 0 Å². The largest absolute Gasteiger partial charge is 0.496 e. The molecule has 2 fully saturated rings. The molecule has 0 atom stereocenters. The number of rotatable bonds is 8. The Labute approximate surface area is 204 Å². The first-order valence-electron chi connectivity index (χ1n) is 11.8. The Morgan fingerprint density at radius 2 is 1.58 bits per heavy atom. The van der Waals surface area contributed by atoms with Crippen LogP contribution >= 0.6 is 12.4 Å². The van der Waals surface area contributed by atoms with Gasteiger partial charge in [-0.2, -0.15) is 0 Å². The zero-order valence-corrected chi connectivity index (χ0v) is 20.4. The van der Waals surface area contributed by atoms with E-state index in [1.54, 1.807) is 7.11 Å². The molecule has 0 spiro atoms. The highest BCUT2D eigenvalue weighted by molar-refractivity contribution is 5.85. The molecule has 6 nitrogen and oxygen atoms in total. The standard InChI is InChI=1S/C26H36N4O2.ClH/c1-32-25-10-6-5-9-23(25)20-29-15-17-30(18-16-29)26(31)21-28-13-11-24(12-14-28)27-19-22-7-3-2-4-8-22;/h2-10,24,27H,11-21H2,1H3;1H. The maximum absolute atomic E-state index is 12.9. The van der Waals surface area contributed by atoms with Crippen LogP contribution in [0.15, 0.2) is 54.6 Å². The van der Waals surface area contributed by atoms with Crippen LogP contribution in [0.5, 0.6) is 5.75 Å². The Kier molecular flexibility index (Phi) is 10.0. The quantitative estimate of drug-likeness (QED) is 0.640. The number of hydrogen-bond donors (Lipinski definition) is 1. The number of likely N-dealkylation sites (tertiary alicyclic amines) is 1. The molecule has 33 heavy (non-hydrogen) atoms. The normalized spacial score (nSPS) is 18.0. The summed E-state index contributed by atoms with van der Waals surface area (Å²) >= 11 is 0. The van der Waals surface area contributed by atoms with Gasteiger partial charge in [0.25, 0.3) is 0 Å². The minimum atomic E-state index is 0. The fourth-order valence-electron chi connectivity index (χ4n) is 4.67. The van der Waals surface area contributed by atoms with Crippen molar-refractivity contribution >= 4 is 18.3 Å². The van der Waals surface area contributed by atoms with Crippen molar-refractivity contribution in [3.63, 3.8) is 0 Å². The first-order valence-corrected chi connectivity index (χ1v) is 11.8. The number of halogens is 1. The maximum atomic E-state index is 12.9. The minimum Gasteiger partial charge on any atom is -0.496 e. The van der Waals surface area contributed by atoms with E-state index < -0.39 is 0 Å². The lowest BCUT2D eigenvalue weighted by atomic mass is 10.0. The van der Waals surface area contributed by atoms with Gasteiger partial charge in [0, 0.05) is 64.0 Å². The summed E-state index contributed by atoms with van der Waals surface area (Å²) in [6, 6.07) is 19.3. The number of benzene rings is 2. The number of hydrogen-bond acceptors (Lipinski definition) is 5. The van der Waals surface area contributed by atoms with Gasteiger partial charge in [-0.25, -0.2) is 0 Å². The van der Waals surface area contributed by atoms with Gasteiger partial charge in [-0.15, -0.1) is 12.4 Å². The molecule has 2 aliphatic heterocycles. The number of methoxy groups -OCH3 is 1. The number of carbonyl (C=O) groups excluding carboxylic acids is 1. The molecule has 1 N–H and O–H groups in total. The van der Waals surface area contributed by atoms with Crippen LogP contribution in [-0.2, 0) is 17.9 Å². The highest BCUT2D eigenvalue weighted by atomic mass is 35.5. The summed E-state index contributed by atoms with van der Waals surface area (Å²) in [5.41, 5.74) is 2.54. The summed E-state index contributed by atoms with van der Waals surface area (Å²) in [7, 11) is 1.72. The van der Waals surface area contributed by atoms with Crippen molar-refractivity contribution in [3.8, 4) is 5.75 Å². The summed E-state index contributed by atoms with van der Waals surface area (Å²) in [5, 5.41) is 3.67. The first kappa shape index (κ1) is 25.5. The summed E-state index contributed by atoms with van der Waals surface area (Å²) in [6.45, 7) is 7.77. The molecule has 0 aromatic heterocycles. The van der Waals surface area contributed by atoms with E-state index >= 15 is 0 Å². The molecular weight excluding hydrogens is 436 g/mol. The molecule has 7 heteroatoms. The molecule has 0 aliphatic carbocycles. The summed E-state index contributed by atoms with van der Waals surface area (Å²) in [5.74, 6) is 1.21. The van der Waals surface area contributed by atoms with Crippen molar-refractivity contribution in [2.24, 2.45) is 0 Å². The highest BCUT2D eigenvalue weighted by Gasteiger charge is 2.25. The Morgan fingerprint density at radius 1 is 0.909 bits per heavy atom. The van der Waals surface area contributed by atoms with Gasteiger partial charge in [-0.3, -0.25) is 14.6 Å². The molecule has 2 aromatic rings. The number of piperazine rings is 1. The van der Waals surface area contributed by atoms with Gasteiger partial charge in [0.1, 0.15) is 5.75 Å². The molecule has 2 saturated heterocycles. The van der Waals surface area contributed by atoms with Gasteiger partial charge in [0.15, 0.2) is 0 Å². The lowest BCUT2D eigenvalue weighted by molar-refractivity contribution is -0.134.